The van der Waals surface area contributed by atoms with Gasteiger partial charge in [-0.05, 0) is 19.4 Å². The van der Waals surface area contributed by atoms with E-state index in [4.69, 9.17) is 0 Å². The second-order valence-electron chi connectivity index (χ2n) is 4.00. The van der Waals surface area contributed by atoms with Crippen molar-refractivity contribution < 1.29 is 0 Å². The maximum absolute atomic E-state index is 2.38. The van der Waals surface area contributed by atoms with Crippen molar-refractivity contribution in [2.45, 2.75) is 26.8 Å². The molecular formula is C9H17N. The van der Waals surface area contributed by atoms with Gasteiger partial charge in [0.1, 0.15) is 0 Å². The number of rotatable bonds is 0. The van der Waals surface area contributed by atoms with Gasteiger partial charge in [-0.2, -0.15) is 0 Å². The highest BCUT2D eigenvalue weighted by Crippen LogP contribution is 2.23. The molecule has 0 aromatic heterocycles. The Bertz CT molecular complexity index is 147. The zero-order chi connectivity index (χ0) is 7.78. The summed E-state index contributed by atoms with van der Waals surface area (Å²) in [5.41, 5.74) is 0.376. The van der Waals surface area contributed by atoms with Crippen LogP contribution in [0.2, 0.25) is 0 Å². The molecule has 58 valence electrons. The van der Waals surface area contributed by atoms with Gasteiger partial charge in [0.2, 0.25) is 0 Å². The summed E-state index contributed by atoms with van der Waals surface area (Å²) in [4.78, 5) is 2.38. The average Bonchev–Trinajstić information content (AvgIpc) is 1.79. The van der Waals surface area contributed by atoms with E-state index in [1.165, 1.54) is 6.54 Å². The quantitative estimate of drug-likeness (QED) is 0.463. The van der Waals surface area contributed by atoms with Gasteiger partial charge in [0, 0.05) is 12.6 Å². The van der Waals surface area contributed by atoms with Crippen LogP contribution in [0.4, 0.5) is 0 Å². The van der Waals surface area contributed by atoms with E-state index in [-0.39, 0.29) is 0 Å². The smallest absolute Gasteiger partial charge is 0.0247 e. The van der Waals surface area contributed by atoms with Crippen LogP contribution in [0.25, 0.3) is 0 Å². The molecule has 0 aromatic carbocycles. The van der Waals surface area contributed by atoms with E-state index in [0.29, 0.717) is 11.5 Å². The van der Waals surface area contributed by atoms with E-state index >= 15 is 0 Å². The van der Waals surface area contributed by atoms with Crippen molar-refractivity contribution in [3.8, 4) is 0 Å². The fraction of sp³-hybridized carbons (Fsp3) is 0.778. The van der Waals surface area contributed by atoms with Crippen LogP contribution < -0.4 is 0 Å². The minimum atomic E-state index is 0.376. The van der Waals surface area contributed by atoms with Gasteiger partial charge in [0.15, 0.2) is 0 Å². The first-order valence-electron chi connectivity index (χ1n) is 3.91. The summed E-state index contributed by atoms with van der Waals surface area (Å²) in [5, 5.41) is 0. The Labute approximate surface area is 63.7 Å². The molecule has 1 unspecified atom stereocenters. The summed E-state index contributed by atoms with van der Waals surface area (Å²) >= 11 is 0. The summed E-state index contributed by atoms with van der Waals surface area (Å²) in [5.74, 6) is 0. The lowest BCUT2D eigenvalue weighted by molar-refractivity contribution is 0.206. The van der Waals surface area contributed by atoms with Crippen LogP contribution in [0.3, 0.4) is 0 Å². The lowest BCUT2D eigenvalue weighted by atomic mass is 9.88. The van der Waals surface area contributed by atoms with Gasteiger partial charge in [-0.25, -0.2) is 0 Å². The number of likely N-dealkylation sites (N-methyl/N-ethyl adjacent to an activating group) is 1. The summed E-state index contributed by atoms with van der Waals surface area (Å²) in [6, 6.07) is 0.619. The van der Waals surface area contributed by atoms with Gasteiger partial charge >= 0.3 is 0 Å². The van der Waals surface area contributed by atoms with Crippen LogP contribution in [0.5, 0.6) is 0 Å². The molecule has 0 amide bonds. The van der Waals surface area contributed by atoms with Gasteiger partial charge < -0.3 is 0 Å². The van der Waals surface area contributed by atoms with Crippen molar-refractivity contribution in [3.63, 3.8) is 0 Å². The molecule has 1 rings (SSSR count). The second-order valence-corrected chi connectivity index (χ2v) is 4.00. The number of hydrogen-bond donors (Lipinski definition) is 0. The molecular weight excluding hydrogens is 122 g/mol. The molecule has 0 bridgehead atoms. The van der Waals surface area contributed by atoms with E-state index in [1.807, 2.05) is 0 Å². The summed E-state index contributed by atoms with van der Waals surface area (Å²) in [6.07, 6.45) is 4.60. The first-order valence-corrected chi connectivity index (χ1v) is 3.91. The lowest BCUT2D eigenvalue weighted by Gasteiger charge is -2.35. The fourth-order valence-electron chi connectivity index (χ4n) is 1.39. The Kier molecular flexibility index (Phi) is 1.86. The molecule has 1 aliphatic rings. The van der Waals surface area contributed by atoms with Gasteiger partial charge in [-0.3, -0.25) is 4.90 Å². The predicted octanol–water partition coefficient (Wildman–Crippen LogP) is 1.90. The summed E-state index contributed by atoms with van der Waals surface area (Å²) in [6.45, 7) is 7.94. The lowest BCUT2D eigenvalue weighted by Crippen LogP contribution is -2.39. The van der Waals surface area contributed by atoms with Gasteiger partial charge in [-0.15, -0.1) is 0 Å². The van der Waals surface area contributed by atoms with Crippen molar-refractivity contribution in [2.24, 2.45) is 5.41 Å². The number of hydrogen-bond acceptors (Lipinski definition) is 1. The maximum Gasteiger partial charge on any atom is 0.0247 e. The molecule has 0 radical (unpaired) electrons. The molecule has 0 N–H and O–H groups in total. The van der Waals surface area contributed by atoms with E-state index in [1.54, 1.807) is 0 Å². The molecule has 0 aliphatic carbocycles. The highest BCUT2D eigenvalue weighted by atomic mass is 15.1. The van der Waals surface area contributed by atoms with Crippen LogP contribution in [-0.4, -0.2) is 24.5 Å². The van der Waals surface area contributed by atoms with Gasteiger partial charge in [0.25, 0.3) is 0 Å². The first kappa shape index (κ1) is 7.80. The third-order valence-corrected chi connectivity index (χ3v) is 2.18. The maximum atomic E-state index is 2.38. The normalized spacial score (nSPS) is 32.6. The highest BCUT2D eigenvalue weighted by molar-refractivity contribution is 5.05. The zero-order valence-electron chi connectivity index (χ0n) is 7.39. The average molecular weight is 139 g/mol. The SMILES string of the molecule is CC1C=CC(C)(C)CN1C. The Morgan fingerprint density at radius 1 is 1.50 bits per heavy atom. The predicted molar refractivity (Wildman–Crippen MR) is 45.0 cm³/mol. The first-order chi connectivity index (χ1) is 4.51. The Balaban J connectivity index is 2.69. The standard InChI is InChI=1S/C9H17N/c1-8-5-6-9(2,3)7-10(8)4/h5-6,8H,7H2,1-4H3. The van der Waals surface area contributed by atoms with Crippen molar-refractivity contribution in [2.75, 3.05) is 13.6 Å². The van der Waals surface area contributed by atoms with E-state index < -0.39 is 0 Å². The van der Waals surface area contributed by atoms with Gasteiger partial charge in [-0.1, -0.05) is 26.0 Å². The van der Waals surface area contributed by atoms with Crippen molar-refractivity contribution in [1.82, 2.24) is 4.90 Å². The van der Waals surface area contributed by atoms with Crippen LogP contribution >= 0.6 is 0 Å². The second kappa shape index (κ2) is 2.39. The van der Waals surface area contributed by atoms with Crippen molar-refractivity contribution >= 4 is 0 Å². The Hall–Kier alpha value is -0.300. The monoisotopic (exact) mass is 139 g/mol. The molecule has 1 aliphatic heterocycles. The minimum absolute atomic E-state index is 0.376. The minimum Gasteiger partial charge on any atom is -0.299 e. The molecule has 1 atom stereocenters. The molecule has 0 fully saturated rings. The molecule has 1 nitrogen and oxygen atoms in total. The molecule has 0 saturated heterocycles. The molecule has 1 heterocycles. The highest BCUT2D eigenvalue weighted by Gasteiger charge is 2.22. The molecule has 1 heteroatoms. The topological polar surface area (TPSA) is 3.24 Å². The summed E-state index contributed by atoms with van der Waals surface area (Å²) < 4.78 is 0. The van der Waals surface area contributed by atoms with E-state index in [0.717, 1.165) is 0 Å². The summed E-state index contributed by atoms with van der Waals surface area (Å²) in [7, 11) is 2.18. The molecule has 10 heavy (non-hydrogen) atoms. The van der Waals surface area contributed by atoms with Crippen LogP contribution in [0.15, 0.2) is 12.2 Å². The van der Waals surface area contributed by atoms with Gasteiger partial charge in [0.05, 0.1) is 0 Å². The fourth-order valence-corrected chi connectivity index (χ4v) is 1.39. The Morgan fingerprint density at radius 3 is 2.50 bits per heavy atom. The molecule has 0 aromatic rings. The molecule has 0 spiro atoms. The van der Waals surface area contributed by atoms with Crippen molar-refractivity contribution in [3.05, 3.63) is 12.2 Å². The number of nitrogens with zero attached hydrogens (tertiary/aromatic N) is 1. The third-order valence-electron chi connectivity index (χ3n) is 2.18. The van der Waals surface area contributed by atoms with Crippen LogP contribution in [0.1, 0.15) is 20.8 Å². The van der Waals surface area contributed by atoms with E-state index in [9.17, 15) is 0 Å². The third kappa shape index (κ3) is 1.60. The van der Waals surface area contributed by atoms with Crippen LogP contribution in [0, 0.1) is 5.41 Å². The largest absolute Gasteiger partial charge is 0.299 e. The molecule has 0 saturated carbocycles. The zero-order valence-corrected chi connectivity index (χ0v) is 7.39. The van der Waals surface area contributed by atoms with Crippen LogP contribution in [-0.2, 0) is 0 Å². The van der Waals surface area contributed by atoms with E-state index in [2.05, 4.69) is 44.9 Å². The Morgan fingerprint density at radius 2 is 2.10 bits per heavy atom. The van der Waals surface area contributed by atoms with Crippen molar-refractivity contribution in [1.29, 1.82) is 0 Å².